The van der Waals surface area contributed by atoms with Gasteiger partial charge < -0.3 is 23.7 Å². The van der Waals surface area contributed by atoms with Gasteiger partial charge in [-0.1, -0.05) is 24.3 Å². The number of esters is 1. The lowest BCUT2D eigenvalue weighted by Gasteiger charge is -2.14. The Bertz CT molecular complexity index is 657. The van der Waals surface area contributed by atoms with Crippen molar-refractivity contribution in [3.8, 4) is 5.75 Å². The zero-order valence-electron chi connectivity index (χ0n) is 14.7. The maximum atomic E-state index is 12.2. The van der Waals surface area contributed by atoms with Crippen molar-refractivity contribution < 1.29 is 28.5 Å². The topological polar surface area (TPSA) is 63.2 Å². The number of methoxy groups -OCH3 is 4. The Morgan fingerprint density at radius 3 is 1.48 bits per heavy atom. The Hall–Kier alpha value is -2.25. The van der Waals surface area contributed by atoms with Crippen LogP contribution in [0.2, 0.25) is 0 Å². The first-order valence-corrected chi connectivity index (χ1v) is 7.66. The molecule has 0 heterocycles. The molecule has 0 aliphatic carbocycles. The van der Waals surface area contributed by atoms with E-state index in [0.717, 1.165) is 11.1 Å². The second-order valence-electron chi connectivity index (χ2n) is 5.19. The van der Waals surface area contributed by atoms with Crippen LogP contribution in [0, 0.1) is 0 Å². The molecular weight excluding hydrogens is 324 g/mol. The summed E-state index contributed by atoms with van der Waals surface area (Å²) in [7, 11) is 6.22. The van der Waals surface area contributed by atoms with Crippen LogP contribution in [0.5, 0.6) is 5.75 Å². The molecule has 0 aliphatic rings. The van der Waals surface area contributed by atoms with Gasteiger partial charge in [0.2, 0.25) is 0 Å². The second-order valence-corrected chi connectivity index (χ2v) is 5.19. The third-order valence-corrected chi connectivity index (χ3v) is 3.64. The molecule has 0 aromatic heterocycles. The lowest BCUT2D eigenvalue weighted by molar-refractivity contribution is -0.106. The summed E-state index contributed by atoms with van der Waals surface area (Å²) < 4.78 is 26.1. The van der Waals surface area contributed by atoms with Gasteiger partial charge in [-0.2, -0.15) is 0 Å². The molecule has 134 valence electrons. The highest BCUT2D eigenvalue weighted by Crippen LogP contribution is 2.22. The number of carbonyl (C=O) groups is 1. The molecule has 0 bridgehead atoms. The van der Waals surface area contributed by atoms with Crippen LogP contribution in [0.15, 0.2) is 48.5 Å². The van der Waals surface area contributed by atoms with Crippen molar-refractivity contribution in [2.24, 2.45) is 0 Å². The van der Waals surface area contributed by atoms with Crippen molar-refractivity contribution in [1.29, 1.82) is 0 Å². The largest absolute Gasteiger partial charge is 0.423 e. The van der Waals surface area contributed by atoms with Gasteiger partial charge in [0.05, 0.1) is 5.56 Å². The van der Waals surface area contributed by atoms with E-state index < -0.39 is 18.5 Å². The van der Waals surface area contributed by atoms with E-state index in [1.165, 1.54) is 0 Å². The molecule has 0 atom stereocenters. The van der Waals surface area contributed by atoms with Crippen LogP contribution in [0.4, 0.5) is 0 Å². The number of carbonyl (C=O) groups excluding carboxylic acids is 1. The Kier molecular flexibility index (Phi) is 7.09. The van der Waals surface area contributed by atoms with Crippen LogP contribution >= 0.6 is 0 Å². The van der Waals surface area contributed by atoms with E-state index in [4.69, 9.17) is 23.7 Å². The Balaban J connectivity index is 2.04. The molecule has 0 aliphatic heterocycles. The standard InChI is InChI=1S/C19H22O6/c1-21-18(22-2)14-7-5-13(6-8-14)17(20)25-16-11-9-15(10-12-16)19(23-3)24-4/h5-12,18-19H,1-4H3. The summed E-state index contributed by atoms with van der Waals surface area (Å²) >= 11 is 0. The smallest absolute Gasteiger partial charge is 0.343 e. The molecule has 0 spiro atoms. The number of rotatable bonds is 8. The van der Waals surface area contributed by atoms with Crippen LogP contribution < -0.4 is 4.74 Å². The molecule has 0 amide bonds. The van der Waals surface area contributed by atoms with Gasteiger partial charge in [-0.15, -0.1) is 0 Å². The van der Waals surface area contributed by atoms with Gasteiger partial charge in [0.25, 0.3) is 0 Å². The van der Waals surface area contributed by atoms with Gasteiger partial charge in [-0.25, -0.2) is 4.79 Å². The average Bonchev–Trinajstić information content (AvgIpc) is 2.65. The SMILES string of the molecule is COC(OC)c1ccc(OC(=O)c2ccc(C(OC)OC)cc2)cc1. The third kappa shape index (κ3) is 4.87. The zero-order valence-corrected chi connectivity index (χ0v) is 14.7. The van der Waals surface area contributed by atoms with Crippen molar-refractivity contribution >= 4 is 5.97 Å². The fourth-order valence-corrected chi connectivity index (χ4v) is 2.37. The zero-order chi connectivity index (χ0) is 18.2. The number of hydrogen-bond acceptors (Lipinski definition) is 6. The fraction of sp³-hybridized carbons (Fsp3) is 0.316. The predicted molar refractivity (Wildman–Crippen MR) is 91.4 cm³/mol. The van der Waals surface area contributed by atoms with Crippen LogP contribution in [-0.2, 0) is 18.9 Å². The van der Waals surface area contributed by atoms with Gasteiger partial charge in [0.15, 0.2) is 12.6 Å². The van der Waals surface area contributed by atoms with E-state index >= 15 is 0 Å². The van der Waals surface area contributed by atoms with Gasteiger partial charge >= 0.3 is 5.97 Å². The van der Waals surface area contributed by atoms with E-state index in [1.54, 1.807) is 77.0 Å². The first kappa shape index (κ1) is 19.1. The Morgan fingerprint density at radius 1 is 0.680 bits per heavy atom. The molecule has 25 heavy (non-hydrogen) atoms. The number of hydrogen-bond donors (Lipinski definition) is 0. The predicted octanol–water partition coefficient (Wildman–Crippen LogP) is 3.49. The molecule has 0 saturated carbocycles. The van der Waals surface area contributed by atoms with Gasteiger partial charge in [-0.05, 0) is 24.3 Å². The Morgan fingerprint density at radius 2 is 1.08 bits per heavy atom. The quantitative estimate of drug-likeness (QED) is 0.414. The molecule has 0 unspecified atom stereocenters. The Labute approximate surface area is 147 Å². The first-order chi connectivity index (χ1) is 12.1. The monoisotopic (exact) mass is 346 g/mol. The van der Waals surface area contributed by atoms with Crippen molar-refractivity contribution in [1.82, 2.24) is 0 Å². The van der Waals surface area contributed by atoms with E-state index in [0.29, 0.717) is 11.3 Å². The summed E-state index contributed by atoms with van der Waals surface area (Å²) in [4.78, 5) is 12.2. The normalized spacial score (nSPS) is 11.1. The second kappa shape index (κ2) is 9.29. The van der Waals surface area contributed by atoms with Crippen molar-refractivity contribution in [2.45, 2.75) is 12.6 Å². The molecule has 6 heteroatoms. The lowest BCUT2D eigenvalue weighted by atomic mass is 10.1. The summed E-state index contributed by atoms with van der Waals surface area (Å²) in [5.41, 5.74) is 2.08. The average molecular weight is 346 g/mol. The lowest BCUT2D eigenvalue weighted by Crippen LogP contribution is -2.10. The van der Waals surface area contributed by atoms with E-state index in [1.807, 2.05) is 0 Å². The van der Waals surface area contributed by atoms with Crippen LogP contribution in [-0.4, -0.2) is 34.4 Å². The molecule has 0 radical (unpaired) electrons. The van der Waals surface area contributed by atoms with Gasteiger partial charge in [-0.3, -0.25) is 0 Å². The molecule has 2 aromatic rings. The number of benzene rings is 2. The minimum atomic E-state index is -0.466. The molecule has 2 aromatic carbocycles. The van der Waals surface area contributed by atoms with Gasteiger partial charge in [0.1, 0.15) is 5.75 Å². The van der Waals surface area contributed by atoms with Crippen molar-refractivity contribution in [2.75, 3.05) is 28.4 Å². The molecular formula is C19H22O6. The van der Waals surface area contributed by atoms with Crippen LogP contribution in [0.1, 0.15) is 34.1 Å². The molecule has 0 fully saturated rings. The highest BCUT2D eigenvalue weighted by atomic mass is 16.7. The number of ether oxygens (including phenoxy) is 5. The molecule has 0 N–H and O–H groups in total. The highest BCUT2D eigenvalue weighted by Gasteiger charge is 2.13. The highest BCUT2D eigenvalue weighted by molar-refractivity contribution is 5.91. The molecule has 0 saturated heterocycles. The summed E-state index contributed by atoms with van der Waals surface area (Å²) in [6, 6.07) is 13.8. The fourth-order valence-electron chi connectivity index (χ4n) is 2.37. The third-order valence-electron chi connectivity index (χ3n) is 3.64. The molecule has 2 rings (SSSR count). The summed E-state index contributed by atoms with van der Waals surface area (Å²) in [5, 5.41) is 0. The van der Waals surface area contributed by atoms with E-state index in [9.17, 15) is 4.79 Å². The van der Waals surface area contributed by atoms with Gasteiger partial charge in [0, 0.05) is 39.6 Å². The maximum Gasteiger partial charge on any atom is 0.343 e. The summed E-state index contributed by atoms with van der Waals surface area (Å²) in [6.45, 7) is 0. The van der Waals surface area contributed by atoms with Crippen LogP contribution in [0.25, 0.3) is 0 Å². The minimum Gasteiger partial charge on any atom is -0.423 e. The molecule has 6 nitrogen and oxygen atoms in total. The van der Waals surface area contributed by atoms with Crippen molar-refractivity contribution in [3.05, 3.63) is 65.2 Å². The van der Waals surface area contributed by atoms with Crippen LogP contribution in [0.3, 0.4) is 0 Å². The van der Waals surface area contributed by atoms with E-state index in [-0.39, 0.29) is 0 Å². The van der Waals surface area contributed by atoms with E-state index in [2.05, 4.69) is 0 Å². The first-order valence-electron chi connectivity index (χ1n) is 7.66. The summed E-state index contributed by atoms with van der Waals surface area (Å²) in [5.74, 6) is -0.00356. The summed E-state index contributed by atoms with van der Waals surface area (Å²) in [6.07, 6.45) is -0.918. The van der Waals surface area contributed by atoms with Crippen molar-refractivity contribution in [3.63, 3.8) is 0 Å². The minimum absolute atomic E-state index is 0.436. The maximum absolute atomic E-state index is 12.2.